The van der Waals surface area contributed by atoms with Crippen LogP contribution in [0.25, 0.3) is 21.7 Å². The Hall–Kier alpha value is -2.56. The van der Waals surface area contributed by atoms with Gasteiger partial charge in [-0.3, -0.25) is 14.6 Å². The first-order valence-electron chi connectivity index (χ1n) is 7.38. The number of halogens is 1. The smallest absolute Gasteiger partial charge is 0.259 e. The fourth-order valence-electron chi connectivity index (χ4n) is 2.55. The maximum atomic E-state index is 13.6. The summed E-state index contributed by atoms with van der Waals surface area (Å²) in [5.41, 5.74) is -0.256. The third-order valence-corrected chi connectivity index (χ3v) is 3.97. The summed E-state index contributed by atoms with van der Waals surface area (Å²) in [5.74, 6) is -0.454. The molecule has 5 heteroatoms. The molecule has 0 aliphatic heterocycles. The number of hydrogen-bond donors (Lipinski definition) is 0. The number of rotatable bonds is 2. The minimum Gasteiger partial charge on any atom is -0.300 e. The molecule has 0 N–H and O–H groups in total. The largest absolute Gasteiger partial charge is 0.300 e. The first-order chi connectivity index (χ1) is 10.8. The lowest BCUT2D eigenvalue weighted by Crippen LogP contribution is -2.31. The first kappa shape index (κ1) is 15.3. The fourth-order valence-corrected chi connectivity index (χ4v) is 2.55. The van der Waals surface area contributed by atoms with E-state index in [1.807, 2.05) is 20.8 Å². The highest BCUT2D eigenvalue weighted by Gasteiger charge is 2.23. The van der Waals surface area contributed by atoms with Crippen LogP contribution in [0, 0.1) is 11.2 Å². The molecule has 0 spiro atoms. The quantitative estimate of drug-likeness (QED) is 0.682. The van der Waals surface area contributed by atoms with Gasteiger partial charge in [-0.2, -0.15) is 0 Å². The highest BCUT2D eigenvalue weighted by atomic mass is 19.1. The van der Waals surface area contributed by atoms with E-state index < -0.39 is 11.2 Å². The molecule has 0 aliphatic carbocycles. The Kier molecular flexibility index (Phi) is 3.51. The third-order valence-electron chi connectivity index (χ3n) is 3.97. The molecule has 3 aromatic rings. The molecule has 2 aromatic heterocycles. The van der Waals surface area contributed by atoms with E-state index in [1.165, 1.54) is 22.8 Å². The van der Waals surface area contributed by atoms with E-state index in [0.29, 0.717) is 21.7 Å². The highest BCUT2D eigenvalue weighted by molar-refractivity contribution is 6.05. The molecule has 1 aromatic carbocycles. The molecule has 0 amide bonds. The van der Waals surface area contributed by atoms with E-state index in [0.717, 1.165) is 0 Å². The predicted molar refractivity (Wildman–Crippen MR) is 87.9 cm³/mol. The fraction of sp³-hybridized carbons (Fsp3) is 0.278. The van der Waals surface area contributed by atoms with Crippen molar-refractivity contribution in [1.82, 2.24) is 9.55 Å². The molecule has 118 valence electrons. The Balaban J connectivity index is 2.37. The van der Waals surface area contributed by atoms with Crippen LogP contribution in [0.2, 0.25) is 0 Å². The Labute approximate surface area is 132 Å². The number of ketones is 1. The number of benzene rings is 1. The van der Waals surface area contributed by atoms with Gasteiger partial charge in [0.25, 0.3) is 5.56 Å². The van der Waals surface area contributed by atoms with Crippen molar-refractivity contribution >= 4 is 27.5 Å². The summed E-state index contributed by atoms with van der Waals surface area (Å²) in [7, 11) is 0. The van der Waals surface area contributed by atoms with E-state index in [9.17, 15) is 14.0 Å². The van der Waals surface area contributed by atoms with E-state index in [1.54, 1.807) is 18.5 Å². The standard InChI is InChI=1S/C18H17FN2O2/c1-18(2,3)16(22)10-21-15-6-7-20-9-14(15)13-8-11(19)4-5-12(13)17(21)23/h4-9H,10H2,1-3H3. The number of hydrogen-bond acceptors (Lipinski definition) is 3. The van der Waals surface area contributed by atoms with E-state index in [4.69, 9.17) is 0 Å². The average molecular weight is 312 g/mol. The number of Topliss-reactive ketones (excluding diaryl/α,β-unsaturated/α-hetero) is 1. The molecule has 0 aliphatic rings. The molecular formula is C18H17FN2O2. The normalized spacial score (nSPS) is 12.0. The molecule has 0 radical (unpaired) electrons. The molecule has 0 saturated carbocycles. The van der Waals surface area contributed by atoms with Crippen LogP contribution >= 0.6 is 0 Å². The number of fused-ring (bicyclic) bond motifs is 3. The van der Waals surface area contributed by atoms with Crippen molar-refractivity contribution in [1.29, 1.82) is 0 Å². The van der Waals surface area contributed by atoms with Gasteiger partial charge in [0, 0.05) is 34.0 Å². The molecule has 0 saturated heterocycles. The molecule has 0 atom stereocenters. The zero-order valence-corrected chi connectivity index (χ0v) is 13.3. The third kappa shape index (κ3) is 2.63. The van der Waals surface area contributed by atoms with Crippen molar-refractivity contribution in [3.05, 3.63) is 52.8 Å². The lowest BCUT2D eigenvalue weighted by Gasteiger charge is -2.19. The van der Waals surface area contributed by atoms with Gasteiger partial charge in [0.1, 0.15) is 5.82 Å². The van der Waals surface area contributed by atoms with Gasteiger partial charge in [0.05, 0.1) is 12.1 Å². The van der Waals surface area contributed by atoms with Crippen molar-refractivity contribution in [3.8, 4) is 0 Å². The van der Waals surface area contributed by atoms with Crippen LogP contribution in [0.4, 0.5) is 4.39 Å². The van der Waals surface area contributed by atoms with E-state index in [-0.39, 0.29) is 17.9 Å². The number of carbonyl (C=O) groups is 1. The molecule has 23 heavy (non-hydrogen) atoms. The lowest BCUT2D eigenvalue weighted by atomic mass is 9.90. The minimum atomic E-state index is -0.545. The van der Waals surface area contributed by atoms with Crippen LogP contribution in [-0.4, -0.2) is 15.3 Å². The second-order valence-electron chi connectivity index (χ2n) is 6.65. The maximum absolute atomic E-state index is 13.6. The molecule has 4 nitrogen and oxygen atoms in total. The Morgan fingerprint density at radius 2 is 1.91 bits per heavy atom. The molecular weight excluding hydrogens is 295 g/mol. The summed E-state index contributed by atoms with van der Waals surface area (Å²) in [6, 6.07) is 5.72. The van der Waals surface area contributed by atoms with Gasteiger partial charge in [0.2, 0.25) is 0 Å². The summed E-state index contributed by atoms with van der Waals surface area (Å²) < 4.78 is 15.0. The number of nitrogens with zero attached hydrogens (tertiary/aromatic N) is 2. The SMILES string of the molecule is CC(C)(C)C(=O)Cn1c(=O)c2ccc(F)cc2c2cnccc21. The second-order valence-corrected chi connectivity index (χ2v) is 6.65. The topological polar surface area (TPSA) is 52.0 Å². The van der Waals surface area contributed by atoms with E-state index in [2.05, 4.69) is 4.98 Å². The minimum absolute atomic E-state index is 0.0177. The van der Waals surface area contributed by atoms with Gasteiger partial charge in [0.15, 0.2) is 5.78 Å². The van der Waals surface area contributed by atoms with E-state index >= 15 is 0 Å². The van der Waals surface area contributed by atoms with Gasteiger partial charge in [-0.05, 0) is 24.3 Å². The Morgan fingerprint density at radius 3 is 2.61 bits per heavy atom. The number of aromatic nitrogens is 2. The summed E-state index contributed by atoms with van der Waals surface area (Å²) in [5, 5.41) is 1.55. The van der Waals surface area contributed by atoms with Crippen molar-refractivity contribution in [3.63, 3.8) is 0 Å². The monoisotopic (exact) mass is 312 g/mol. The first-order valence-corrected chi connectivity index (χ1v) is 7.38. The van der Waals surface area contributed by atoms with Crippen molar-refractivity contribution < 1.29 is 9.18 Å². The summed E-state index contributed by atoms with van der Waals surface area (Å²) in [6.45, 7) is 5.44. The van der Waals surface area contributed by atoms with Crippen LogP contribution in [-0.2, 0) is 11.3 Å². The predicted octanol–water partition coefficient (Wildman–Crippen LogP) is 3.30. The molecule has 3 rings (SSSR count). The van der Waals surface area contributed by atoms with Crippen LogP contribution in [0.3, 0.4) is 0 Å². The lowest BCUT2D eigenvalue weighted by molar-refractivity contribution is -0.126. The number of carbonyl (C=O) groups excluding carboxylic acids is 1. The van der Waals surface area contributed by atoms with Gasteiger partial charge in [-0.1, -0.05) is 20.8 Å². The van der Waals surface area contributed by atoms with Crippen molar-refractivity contribution in [2.75, 3.05) is 0 Å². The average Bonchev–Trinajstić information content (AvgIpc) is 2.50. The molecule has 0 fully saturated rings. The zero-order valence-electron chi connectivity index (χ0n) is 13.3. The Morgan fingerprint density at radius 1 is 1.17 bits per heavy atom. The van der Waals surface area contributed by atoms with Gasteiger partial charge >= 0.3 is 0 Å². The molecule has 2 heterocycles. The zero-order chi connectivity index (χ0) is 16.8. The van der Waals surface area contributed by atoms with Gasteiger partial charge < -0.3 is 4.57 Å². The number of pyridine rings is 2. The van der Waals surface area contributed by atoms with Crippen LogP contribution < -0.4 is 5.56 Å². The van der Waals surface area contributed by atoms with Crippen molar-refractivity contribution in [2.45, 2.75) is 27.3 Å². The summed E-state index contributed by atoms with van der Waals surface area (Å²) in [4.78, 5) is 29.2. The summed E-state index contributed by atoms with van der Waals surface area (Å²) >= 11 is 0. The van der Waals surface area contributed by atoms with Crippen molar-refractivity contribution in [2.24, 2.45) is 5.41 Å². The highest BCUT2D eigenvalue weighted by Crippen LogP contribution is 2.24. The Bertz CT molecular complexity index is 984. The van der Waals surface area contributed by atoms with Crippen LogP contribution in [0.15, 0.2) is 41.5 Å². The van der Waals surface area contributed by atoms with Gasteiger partial charge in [-0.25, -0.2) is 4.39 Å². The molecule has 0 bridgehead atoms. The second kappa shape index (κ2) is 5.26. The maximum Gasteiger partial charge on any atom is 0.259 e. The van der Waals surface area contributed by atoms with Crippen LogP contribution in [0.1, 0.15) is 20.8 Å². The summed E-state index contributed by atoms with van der Waals surface area (Å²) in [6.07, 6.45) is 3.15. The molecule has 0 unspecified atom stereocenters. The van der Waals surface area contributed by atoms with Gasteiger partial charge in [-0.15, -0.1) is 0 Å². The van der Waals surface area contributed by atoms with Crippen LogP contribution in [0.5, 0.6) is 0 Å².